The lowest BCUT2D eigenvalue weighted by Crippen LogP contribution is -1.93. The van der Waals surface area contributed by atoms with E-state index in [0.29, 0.717) is 0 Å². The molecule has 2 heteroatoms. The Morgan fingerprint density at radius 1 is 0.110 bits per heavy atom. The van der Waals surface area contributed by atoms with Crippen LogP contribution in [-0.4, -0.2) is 9.13 Å². The van der Waals surface area contributed by atoms with Crippen molar-refractivity contribution in [2.45, 2.75) is 26.9 Å². The molecular weight excluding hydrogens is 1640 g/mol. The van der Waals surface area contributed by atoms with Crippen molar-refractivity contribution in [3.63, 3.8) is 0 Å². The van der Waals surface area contributed by atoms with Crippen LogP contribution in [0.2, 0.25) is 0 Å². The third kappa shape index (κ3) is 15.2. The Bertz CT molecular complexity index is 8770. The Morgan fingerprint density at radius 3 is 0.404 bits per heavy atom. The van der Waals surface area contributed by atoms with Gasteiger partial charge in [-0.2, -0.15) is 0 Å². The molecule has 0 saturated carbocycles. The molecule has 0 unspecified atom stereocenters. The zero-order valence-electron chi connectivity index (χ0n) is 75.8. The summed E-state index contributed by atoms with van der Waals surface area (Å²) in [6.45, 7) is 6.30. The molecule has 25 rings (SSSR count). The minimum atomic E-state index is 0.910. The molecule has 0 saturated heterocycles. The van der Waals surface area contributed by atoms with Crippen LogP contribution >= 0.6 is 0 Å². The second-order valence-corrected chi connectivity index (χ2v) is 35.8. The van der Waals surface area contributed by atoms with Crippen LogP contribution < -0.4 is 0 Å². The van der Waals surface area contributed by atoms with Gasteiger partial charge in [-0.1, -0.05) is 437 Å². The number of aromatic nitrogens is 2. The van der Waals surface area contributed by atoms with Gasteiger partial charge in [-0.25, -0.2) is 0 Å². The van der Waals surface area contributed by atoms with Crippen LogP contribution in [0, 0.1) is 0 Å². The van der Waals surface area contributed by atoms with Gasteiger partial charge in [0.05, 0.1) is 0 Å². The molecule has 0 N–H and O–H groups in total. The van der Waals surface area contributed by atoms with Gasteiger partial charge in [0.25, 0.3) is 0 Å². The molecule has 0 atom stereocenters. The molecule has 25 aromatic rings. The highest BCUT2D eigenvalue weighted by molar-refractivity contribution is 6.25. The maximum atomic E-state index is 2.44. The lowest BCUT2D eigenvalue weighted by atomic mass is 9.83. The maximum Gasteiger partial charge on any atom is 0.0491 e. The number of benzene rings is 23. The Kier molecular flexibility index (Phi) is 21.3. The average molecular weight is 1730 g/mol. The van der Waals surface area contributed by atoms with Crippen molar-refractivity contribution in [3.8, 4) is 167 Å². The molecule has 0 bridgehead atoms. The molecule has 136 heavy (non-hydrogen) atoms. The summed E-state index contributed by atoms with van der Waals surface area (Å²) in [4.78, 5) is 0. The highest BCUT2D eigenvalue weighted by atomic mass is 15.0. The number of hydrogen-bond donors (Lipinski definition) is 0. The maximum absolute atomic E-state index is 2.44. The van der Waals surface area contributed by atoms with Gasteiger partial charge in [-0.3, -0.25) is 0 Å². The number of fused-ring (bicyclic) bond motifs is 10. The molecule has 0 aliphatic carbocycles. The summed E-state index contributed by atoms with van der Waals surface area (Å²) >= 11 is 0. The van der Waals surface area contributed by atoms with Crippen molar-refractivity contribution in [2.75, 3.05) is 0 Å². The summed E-state index contributed by atoms with van der Waals surface area (Å²) in [5, 5.41) is 15.0. The standard InChI is InChI=1S/C70H49N.C64H45N/c1-2-71-67-41-37-59(50-21-13-6-14-22-50)43-63(67)64-44-60(38-42-68(64)71)54-29-33-56(34-30-54)70-62-40-36-57(48-17-9-4-10-18-48)45-65(62)69(61-39-35-58(46-66(61)70)49-19-11-5-12-20-49)55-31-27-53(28-32-55)52-25-23-51(24-26-52)47-15-7-3-8-16-47;1-2-65-61-37-33-53(46-21-13-6-14-22-46)39-57(61)58-40-54(34-38-62(58)65)48-25-29-50(30-26-48)64-56-36-32-51(44-17-9-4-10-18-44)41-59(56)63(49-27-23-47(24-28-49)43-15-7-3-8-16-43)55-35-31-52(42-60(55)64)45-19-11-5-12-20-45/h3-46H,2H2,1H3;3-42H,2H2,1H3. The number of hydrogen-bond acceptors (Lipinski definition) is 0. The Labute approximate surface area is 793 Å². The smallest absolute Gasteiger partial charge is 0.0491 e. The highest BCUT2D eigenvalue weighted by Crippen LogP contribution is 2.51. The first-order valence-electron chi connectivity index (χ1n) is 47.5. The monoisotopic (exact) mass is 1730 g/mol. The molecule has 0 fully saturated rings. The van der Waals surface area contributed by atoms with E-state index in [2.05, 4.69) is 533 Å². The quantitative estimate of drug-likeness (QED) is 0.0804. The van der Waals surface area contributed by atoms with Gasteiger partial charge in [-0.05, 0) is 297 Å². The van der Waals surface area contributed by atoms with Gasteiger partial charge >= 0.3 is 0 Å². The van der Waals surface area contributed by atoms with Gasteiger partial charge < -0.3 is 9.13 Å². The van der Waals surface area contributed by atoms with E-state index < -0.39 is 0 Å². The molecule has 0 radical (unpaired) electrons. The zero-order valence-corrected chi connectivity index (χ0v) is 75.8. The first-order valence-corrected chi connectivity index (χ1v) is 47.5. The van der Waals surface area contributed by atoms with Crippen molar-refractivity contribution in [2.24, 2.45) is 0 Å². The van der Waals surface area contributed by atoms with E-state index in [1.807, 2.05) is 0 Å². The Balaban J connectivity index is 0.000000149. The molecule has 0 spiro atoms. The summed E-state index contributed by atoms with van der Waals surface area (Å²) in [6, 6.07) is 188. The fraction of sp³-hybridized carbons (Fsp3) is 0.0299. The van der Waals surface area contributed by atoms with E-state index in [1.165, 1.54) is 254 Å². The van der Waals surface area contributed by atoms with Gasteiger partial charge in [0.1, 0.15) is 0 Å². The second-order valence-electron chi connectivity index (χ2n) is 35.8. The summed E-state index contributed by atoms with van der Waals surface area (Å²) < 4.78 is 4.88. The molecule has 640 valence electrons. The predicted octanol–water partition coefficient (Wildman–Crippen LogP) is 37.2. The van der Waals surface area contributed by atoms with E-state index in [4.69, 9.17) is 0 Å². The molecular formula is C134H94N2. The Morgan fingerprint density at radius 2 is 0.235 bits per heavy atom. The normalized spacial score (nSPS) is 11.5. The van der Waals surface area contributed by atoms with Crippen LogP contribution in [0.5, 0.6) is 0 Å². The van der Waals surface area contributed by atoms with Crippen molar-refractivity contribution in [3.05, 3.63) is 510 Å². The van der Waals surface area contributed by atoms with Crippen LogP contribution in [0.25, 0.3) is 254 Å². The summed E-state index contributed by atoms with van der Waals surface area (Å²) in [6.07, 6.45) is 0. The van der Waals surface area contributed by atoms with E-state index in [-0.39, 0.29) is 0 Å². The second kappa shape index (κ2) is 35.4. The van der Waals surface area contributed by atoms with Crippen molar-refractivity contribution < 1.29 is 0 Å². The molecule has 0 amide bonds. The van der Waals surface area contributed by atoms with E-state index in [0.717, 1.165) is 13.1 Å². The Hall–Kier alpha value is -17.3. The largest absolute Gasteiger partial charge is 0.341 e. The van der Waals surface area contributed by atoms with Crippen LogP contribution in [0.15, 0.2) is 510 Å². The molecule has 0 aliphatic heterocycles. The highest BCUT2D eigenvalue weighted by Gasteiger charge is 2.24. The number of aryl methyl sites for hydroxylation is 2. The third-order valence-electron chi connectivity index (χ3n) is 28.0. The van der Waals surface area contributed by atoms with Gasteiger partial charge in [0, 0.05) is 56.7 Å². The lowest BCUT2D eigenvalue weighted by Gasteiger charge is -2.20. The van der Waals surface area contributed by atoms with Crippen molar-refractivity contribution >= 4 is 86.7 Å². The minimum Gasteiger partial charge on any atom is -0.341 e. The molecule has 0 aliphatic rings. The van der Waals surface area contributed by atoms with E-state index in [1.54, 1.807) is 0 Å². The van der Waals surface area contributed by atoms with Crippen LogP contribution in [0.3, 0.4) is 0 Å². The zero-order chi connectivity index (χ0) is 90.5. The van der Waals surface area contributed by atoms with Crippen LogP contribution in [0.4, 0.5) is 0 Å². The predicted molar refractivity (Wildman–Crippen MR) is 582 cm³/mol. The first kappa shape index (κ1) is 81.9. The van der Waals surface area contributed by atoms with Gasteiger partial charge in [0.15, 0.2) is 0 Å². The number of nitrogens with zero attached hydrogens (tertiary/aromatic N) is 2. The van der Waals surface area contributed by atoms with Crippen molar-refractivity contribution in [1.29, 1.82) is 0 Å². The molecule has 23 aromatic carbocycles. The molecule has 2 nitrogen and oxygen atoms in total. The molecule has 2 heterocycles. The molecule has 2 aromatic heterocycles. The van der Waals surface area contributed by atoms with Crippen LogP contribution in [0.1, 0.15) is 13.8 Å². The van der Waals surface area contributed by atoms with E-state index in [9.17, 15) is 0 Å². The fourth-order valence-corrected chi connectivity index (χ4v) is 21.2. The topological polar surface area (TPSA) is 9.86 Å². The summed E-state index contributed by atoms with van der Waals surface area (Å²) in [5.41, 5.74) is 41.5. The fourth-order valence-electron chi connectivity index (χ4n) is 21.2. The van der Waals surface area contributed by atoms with Gasteiger partial charge in [0.2, 0.25) is 0 Å². The van der Waals surface area contributed by atoms with Gasteiger partial charge in [-0.15, -0.1) is 0 Å². The SMILES string of the molecule is CCn1c2ccc(-c3ccccc3)cc2c2cc(-c3ccc(-c4c5ccc(-c6ccccc6)cc5c(-c5ccc(-c6ccc(-c7ccccc7)cc6)cc5)c5ccc(-c6ccccc6)cc45)cc3)ccc21.CCn1c2ccc(-c3ccccc3)cc2c2cc(-c3ccc(-c4c5ccc(-c6ccccc6)cc5c(-c5ccc(-c6ccccc6)cc5)c5ccc(-c6ccccc6)cc45)cc3)ccc21. The number of rotatable bonds is 17. The van der Waals surface area contributed by atoms with Crippen LogP contribution in [-0.2, 0) is 13.1 Å². The third-order valence-corrected chi connectivity index (χ3v) is 28.0. The minimum absolute atomic E-state index is 0.910. The van der Waals surface area contributed by atoms with E-state index >= 15 is 0 Å². The average Bonchev–Trinajstić information content (AvgIpc) is 0.948. The lowest BCUT2D eigenvalue weighted by molar-refractivity contribution is 0.827. The summed E-state index contributed by atoms with van der Waals surface area (Å²) in [7, 11) is 0. The van der Waals surface area contributed by atoms with Crippen molar-refractivity contribution in [1.82, 2.24) is 9.13 Å². The summed E-state index contributed by atoms with van der Waals surface area (Å²) in [5.74, 6) is 0. The first-order chi connectivity index (χ1) is 67.3.